The van der Waals surface area contributed by atoms with Gasteiger partial charge in [-0.25, -0.2) is 0 Å². The first-order valence-corrected chi connectivity index (χ1v) is 10.3. The van der Waals surface area contributed by atoms with Gasteiger partial charge in [0, 0.05) is 30.5 Å². The van der Waals surface area contributed by atoms with Gasteiger partial charge in [-0.3, -0.25) is 14.8 Å². The third-order valence-electron chi connectivity index (χ3n) is 5.38. The van der Waals surface area contributed by atoms with Crippen molar-refractivity contribution in [3.05, 3.63) is 54.0 Å². The Hall–Kier alpha value is -2.35. The SMILES string of the molecule is CN(CNC=O)Cc1cc(C2CC(Cn3ccc4ccccc43)CC(Cl)O2)n[nH]1. The van der Waals surface area contributed by atoms with Crippen molar-refractivity contribution in [2.24, 2.45) is 5.92 Å². The Kier molecular flexibility index (Phi) is 6.18. The highest BCUT2D eigenvalue weighted by Crippen LogP contribution is 2.37. The third-order valence-corrected chi connectivity index (χ3v) is 5.66. The minimum Gasteiger partial charge on any atom is -0.353 e. The number of halogens is 1. The fourth-order valence-electron chi connectivity index (χ4n) is 4.03. The molecule has 3 unspecified atom stereocenters. The number of carbonyl (C=O) groups is 1. The molecule has 1 fully saturated rings. The summed E-state index contributed by atoms with van der Waals surface area (Å²) in [5.41, 5.74) is 2.78. The van der Waals surface area contributed by atoms with Gasteiger partial charge < -0.3 is 14.6 Å². The molecule has 1 aromatic carbocycles. The third kappa shape index (κ3) is 4.80. The molecule has 3 heterocycles. The fraction of sp³-hybridized carbons (Fsp3) is 0.429. The van der Waals surface area contributed by atoms with Gasteiger partial charge in [0.15, 0.2) is 0 Å². The number of H-pyrrole nitrogens is 1. The number of hydrogen-bond acceptors (Lipinski definition) is 4. The quantitative estimate of drug-likeness (QED) is 0.336. The minimum atomic E-state index is -0.319. The molecule has 1 aliphatic heterocycles. The van der Waals surface area contributed by atoms with E-state index in [1.165, 1.54) is 10.9 Å². The van der Waals surface area contributed by atoms with E-state index in [2.05, 4.69) is 56.6 Å². The topological polar surface area (TPSA) is 75.2 Å². The van der Waals surface area contributed by atoms with Crippen LogP contribution in [0, 0.1) is 5.92 Å². The maximum atomic E-state index is 10.4. The van der Waals surface area contributed by atoms with Crippen LogP contribution in [-0.4, -0.2) is 45.4 Å². The van der Waals surface area contributed by atoms with Crippen molar-refractivity contribution in [3.8, 4) is 0 Å². The number of aromatic amines is 1. The van der Waals surface area contributed by atoms with Gasteiger partial charge in [0.2, 0.25) is 6.41 Å². The molecule has 0 saturated carbocycles. The van der Waals surface area contributed by atoms with Crippen molar-refractivity contribution >= 4 is 28.9 Å². The number of fused-ring (bicyclic) bond motifs is 1. The summed E-state index contributed by atoms with van der Waals surface area (Å²) in [6, 6.07) is 12.6. The molecule has 2 aromatic heterocycles. The lowest BCUT2D eigenvalue weighted by molar-refractivity contribution is -0.110. The van der Waals surface area contributed by atoms with Crippen LogP contribution in [0.2, 0.25) is 0 Å². The molecule has 1 aliphatic rings. The van der Waals surface area contributed by atoms with E-state index in [9.17, 15) is 4.79 Å². The number of carbonyl (C=O) groups excluding carboxylic acids is 1. The zero-order chi connectivity index (χ0) is 20.2. The van der Waals surface area contributed by atoms with Gasteiger partial charge in [-0.2, -0.15) is 5.10 Å². The first-order valence-electron chi connectivity index (χ1n) is 9.85. The summed E-state index contributed by atoms with van der Waals surface area (Å²) in [5, 5.41) is 11.4. The maximum absolute atomic E-state index is 10.4. The highest BCUT2D eigenvalue weighted by molar-refractivity contribution is 6.19. The Bertz CT molecular complexity index is 955. The zero-order valence-corrected chi connectivity index (χ0v) is 17.2. The molecule has 4 rings (SSSR count). The lowest BCUT2D eigenvalue weighted by Crippen LogP contribution is -2.29. The lowest BCUT2D eigenvalue weighted by atomic mass is 9.93. The first kappa shape index (κ1) is 19.9. The summed E-state index contributed by atoms with van der Waals surface area (Å²) in [6.07, 6.45) is 4.42. The molecule has 7 nitrogen and oxygen atoms in total. The van der Waals surface area contributed by atoms with Crippen molar-refractivity contribution in [2.45, 2.75) is 37.6 Å². The molecular formula is C21H26ClN5O2. The summed E-state index contributed by atoms with van der Waals surface area (Å²) in [5.74, 6) is 0.409. The normalized spacial score (nSPS) is 22.2. The Labute approximate surface area is 175 Å². The summed E-state index contributed by atoms with van der Waals surface area (Å²) in [7, 11) is 1.93. The van der Waals surface area contributed by atoms with Gasteiger partial charge in [0.25, 0.3) is 0 Å². The van der Waals surface area contributed by atoms with Crippen LogP contribution < -0.4 is 5.32 Å². The minimum absolute atomic E-state index is 0.124. The van der Waals surface area contributed by atoms with E-state index in [1.807, 2.05) is 18.0 Å². The Balaban J connectivity index is 1.42. The number of rotatable bonds is 8. The number of nitrogens with zero attached hydrogens (tertiary/aromatic N) is 3. The Morgan fingerprint density at radius 3 is 3.10 bits per heavy atom. The molecule has 0 spiro atoms. The summed E-state index contributed by atoms with van der Waals surface area (Å²) in [6.45, 7) is 2.05. The number of aromatic nitrogens is 3. The van der Waals surface area contributed by atoms with Crippen LogP contribution in [-0.2, 0) is 22.6 Å². The van der Waals surface area contributed by atoms with E-state index in [0.29, 0.717) is 25.5 Å². The van der Waals surface area contributed by atoms with E-state index < -0.39 is 0 Å². The van der Waals surface area contributed by atoms with Gasteiger partial charge in [-0.05, 0) is 49.4 Å². The van der Waals surface area contributed by atoms with E-state index in [4.69, 9.17) is 16.3 Å². The molecule has 3 atom stereocenters. The average Bonchev–Trinajstić information content (AvgIpc) is 3.33. The molecule has 2 N–H and O–H groups in total. The second kappa shape index (κ2) is 8.98. The number of ether oxygens (including phenoxy) is 1. The standard InChI is InChI=1S/C21H26ClN5O2/c1-26(13-23-14-28)12-17-10-18(25-24-17)20-8-15(9-21(22)29-20)11-27-7-6-16-4-2-3-5-19(16)27/h2-7,10,14-15,20-21H,8-9,11-13H2,1H3,(H,23,28)(H,24,25). The molecule has 29 heavy (non-hydrogen) atoms. The summed E-state index contributed by atoms with van der Waals surface area (Å²) >= 11 is 6.44. The second-order valence-electron chi connectivity index (χ2n) is 7.71. The number of amides is 1. The summed E-state index contributed by atoms with van der Waals surface area (Å²) < 4.78 is 8.30. The van der Waals surface area contributed by atoms with Crippen LogP contribution in [0.4, 0.5) is 0 Å². The van der Waals surface area contributed by atoms with Crippen LogP contribution in [0.25, 0.3) is 10.9 Å². The molecular weight excluding hydrogens is 390 g/mol. The monoisotopic (exact) mass is 415 g/mol. The van der Waals surface area contributed by atoms with Crippen molar-refractivity contribution in [1.82, 2.24) is 25.0 Å². The van der Waals surface area contributed by atoms with Crippen molar-refractivity contribution in [1.29, 1.82) is 0 Å². The maximum Gasteiger partial charge on any atom is 0.208 e. The number of alkyl halides is 1. The number of benzene rings is 1. The second-order valence-corrected chi connectivity index (χ2v) is 8.20. The Morgan fingerprint density at radius 1 is 1.38 bits per heavy atom. The van der Waals surface area contributed by atoms with E-state index in [0.717, 1.165) is 30.8 Å². The number of para-hydroxylation sites is 1. The number of hydrogen-bond donors (Lipinski definition) is 2. The highest BCUT2D eigenvalue weighted by atomic mass is 35.5. The number of nitrogens with one attached hydrogen (secondary N) is 2. The fourth-order valence-corrected chi connectivity index (χ4v) is 4.41. The van der Waals surface area contributed by atoms with E-state index >= 15 is 0 Å². The molecule has 1 saturated heterocycles. The van der Waals surface area contributed by atoms with Crippen LogP contribution in [0.1, 0.15) is 30.3 Å². The molecule has 0 aliphatic carbocycles. The molecule has 8 heteroatoms. The van der Waals surface area contributed by atoms with Crippen molar-refractivity contribution < 1.29 is 9.53 Å². The van der Waals surface area contributed by atoms with Crippen LogP contribution in [0.3, 0.4) is 0 Å². The molecule has 0 bridgehead atoms. The van der Waals surface area contributed by atoms with Gasteiger partial charge in [-0.1, -0.05) is 29.8 Å². The predicted molar refractivity (Wildman–Crippen MR) is 112 cm³/mol. The zero-order valence-electron chi connectivity index (χ0n) is 16.4. The van der Waals surface area contributed by atoms with E-state index in [1.54, 1.807) is 0 Å². The Morgan fingerprint density at radius 2 is 2.24 bits per heavy atom. The summed E-state index contributed by atoms with van der Waals surface area (Å²) in [4.78, 5) is 12.4. The van der Waals surface area contributed by atoms with Crippen molar-refractivity contribution in [2.75, 3.05) is 13.7 Å². The molecule has 0 radical (unpaired) electrons. The molecule has 3 aromatic rings. The lowest BCUT2D eigenvalue weighted by Gasteiger charge is -2.32. The van der Waals surface area contributed by atoms with Gasteiger partial charge >= 0.3 is 0 Å². The average molecular weight is 416 g/mol. The first-order chi connectivity index (χ1) is 14.1. The largest absolute Gasteiger partial charge is 0.353 e. The van der Waals surface area contributed by atoms with Gasteiger partial charge in [-0.15, -0.1) is 0 Å². The highest BCUT2D eigenvalue weighted by Gasteiger charge is 2.31. The molecule has 1 amide bonds. The van der Waals surface area contributed by atoms with Gasteiger partial charge in [0.1, 0.15) is 11.7 Å². The smallest absolute Gasteiger partial charge is 0.208 e. The predicted octanol–water partition coefficient (Wildman–Crippen LogP) is 3.23. The van der Waals surface area contributed by atoms with Crippen LogP contribution in [0.5, 0.6) is 0 Å². The van der Waals surface area contributed by atoms with Crippen LogP contribution in [0.15, 0.2) is 42.6 Å². The van der Waals surface area contributed by atoms with Gasteiger partial charge in [0.05, 0.1) is 12.4 Å². The van der Waals surface area contributed by atoms with Crippen LogP contribution >= 0.6 is 11.6 Å². The van der Waals surface area contributed by atoms with E-state index in [-0.39, 0.29) is 11.7 Å². The van der Waals surface area contributed by atoms with Crippen molar-refractivity contribution in [3.63, 3.8) is 0 Å². The molecule has 154 valence electrons.